The summed E-state index contributed by atoms with van der Waals surface area (Å²) in [5, 5.41) is 4.48. The van der Waals surface area contributed by atoms with Crippen molar-refractivity contribution in [3.05, 3.63) is 12.4 Å². The van der Waals surface area contributed by atoms with Gasteiger partial charge >= 0.3 is 0 Å². The summed E-state index contributed by atoms with van der Waals surface area (Å²) >= 11 is 1.65. The molecule has 1 aromatic rings. The third-order valence-electron chi connectivity index (χ3n) is 2.56. The fourth-order valence-corrected chi connectivity index (χ4v) is 2.19. The Morgan fingerprint density at radius 3 is 2.86 bits per heavy atom. The molecule has 0 unspecified atom stereocenters. The molecule has 4 heteroatoms. The van der Waals surface area contributed by atoms with Crippen LogP contribution < -0.4 is 5.32 Å². The van der Waals surface area contributed by atoms with E-state index < -0.39 is 0 Å². The van der Waals surface area contributed by atoms with Gasteiger partial charge in [-0.25, -0.2) is 9.97 Å². The van der Waals surface area contributed by atoms with Gasteiger partial charge in [0, 0.05) is 12.1 Å². The summed E-state index contributed by atoms with van der Waals surface area (Å²) in [6.07, 6.45) is 8.90. The summed E-state index contributed by atoms with van der Waals surface area (Å²) in [4.78, 5) is 8.36. The van der Waals surface area contributed by atoms with Crippen LogP contribution in [0.15, 0.2) is 17.4 Å². The van der Waals surface area contributed by atoms with Crippen LogP contribution in [-0.4, -0.2) is 22.3 Å². The maximum atomic E-state index is 4.22. The molecule has 0 atom stereocenters. The summed E-state index contributed by atoms with van der Waals surface area (Å²) in [6, 6.07) is 2.64. The number of anilines is 1. The highest BCUT2D eigenvalue weighted by molar-refractivity contribution is 7.98. The van der Waals surface area contributed by atoms with Gasteiger partial charge in [-0.2, -0.15) is 0 Å². The normalized spacial score (nSPS) is 17.2. The fraction of sp³-hybridized carbons (Fsp3) is 0.600. The predicted molar refractivity (Wildman–Crippen MR) is 59.7 cm³/mol. The van der Waals surface area contributed by atoms with Crippen LogP contribution in [0.1, 0.15) is 25.7 Å². The van der Waals surface area contributed by atoms with Crippen molar-refractivity contribution in [3.63, 3.8) is 0 Å². The molecule has 0 bridgehead atoms. The van der Waals surface area contributed by atoms with E-state index in [1.807, 2.05) is 12.3 Å². The molecule has 1 aliphatic rings. The molecule has 0 radical (unpaired) electrons. The first-order chi connectivity index (χ1) is 6.88. The Morgan fingerprint density at radius 1 is 1.36 bits per heavy atom. The van der Waals surface area contributed by atoms with Gasteiger partial charge < -0.3 is 5.32 Å². The van der Waals surface area contributed by atoms with Crippen molar-refractivity contribution in [3.8, 4) is 0 Å². The molecule has 1 aliphatic carbocycles. The second kappa shape index (κ2) is 4.64. The summed E-state index contributed by atoms with van der Waals surface area (Å²) < 4.78 is 0. The van der Waals surface area contributed by atoms with E-state index in [0.717, 1.165) is 10.8 Å². The highest BCUT2D eigenvalue weighted by atomic mass is 32.2. The van der Waals surface area contributed by atoms with Crippen LogP contribution in [0.3, 0.4) is 0 Å². The Hall–Kier alpha value is -0.770. The van der Waals surface area contributed by atoms with Crippen LogP contribution in [0, 0.1) is 0 Å². The summed E-state index contributed by atoms with van der Waals surface area (Å²) in [5.74, 6) is 0.969. The molecular weight excluding hydrogens is 194 g/mol. The van der Waals surface area contributed by atoms with E-state index in [1.54, 1.807) is 18.1 Å². The third-order valence-corrected chi connectivity index (χ3v) is 3.20. The van der Waals surface area contributed by atoms with Gasteiger partial charge in [-0.15, -0.1) is 11.8 Å². The van der Waals surface area contributed by atoms with Gasteiger partial charge in [0.1, 0.15) is 17.2 Å². The number of hydrogen-bond acceptors (Lipinski definition) is 4. The second-order valence-electron chi connectivity index (χ2n) is 3.57. The van der Waals surface area contributed by atoms with Gasteiger partial charge in [-0.3, -0.25) is 0 Å². The number of nitrogens with zero attached hydrogens (tertiary/aromatic N) is 2. The van der Waals surface area contributed by atoms with Gasteiger partial charge in [0.05, 0.1) is 0 Å². The SMILES string of the molecule is CSc1cc(NC2CCCC2)ncn1. The molecule has 1 saturated carbocycles. The monoisotopic (exact) mass is 209 g/mol. The second-order valence-corrected chi connectivity index (χ2v) is 4.40. The van der Waals surface area contributed by atoms with Crippen LogP contribution in [0.25, 0.3) is 0 Å². The molecule has 1 fully saturated rings. The Morgan fingerprint density at radius 2 is 2.14 bits per heavy atom. The molecule has 3 nitrogen and oxygen atoms in total. The predicted octanol–water partition coefficient (Wildman–Crippen LogP) is 2.55. The lowest BCUT2D eigenvalue weighted by Gasteiger charge is -2.12. The Kier molecular flexibility index (Phi) is 3.24. The number of thioether (sulfide) groups is 1. The molecule has 14 heavy (non-hydrogen) atoms. The van der Waals surface area contributed by atoms with E-state index in [0.29, 0.717) is 6.04 Å². The van der Waals surface area contributed by atoms with E-state index in [9.17, 15) is 0 Å². The Balaban J connectivity index is 2.00. The molecule has 1 N–H and O–H groups in total. The summed E-state index contributed by atoms with van der Waals surface area (Å²) in [7, 11) is 0. The summed E-state index contributed by atoms with van der Waals surface area (Å²) in [6.45, 7) is 0. The van der Waals surface area contributed by atoms with Crippen LogP contribution >= 0.6 is 11.8 Å². The zero-order chi connectivity index (χ0) is 9.80. The highest BCUT2D eigenvalue weighted by Gasteiger charge is 2.14. The molecular formula is C10H15N3S. The number of nitrogens with one attached hydrogen (secondary N) is 1. The molecule has 0 saturated heterocycles. The summed E-state index contributed by atoms with van der Waals surface area (Å²) in [5.41, 5.74) is 0. The molecule has 76 valence electrons. The maximum Gasteiger partial charge on any atom is 0.130 e. The topological polar surface area (TPSA) is 37.8 Å². The molecule has 1 heterocycles. The maximum absolute atomic E-state index is 4.22. The lowest BCUT2D eigenvalue weighted by atomic mass is 10.2. The zero-order valence-electron chi connectivity index (χ0n) is 8.36. The first-order valence-corrected chi connectivity index (χ1v) is 6.23. The van der Waals surface area contributed by atoms with Crippen molar-refractivity contribution >= 4 is 17.6 Å². The largest absolute Gasteiger partial charge is 0.367 e. The molecule has 2 rings (SSSR count). The van der Waals surface area contributed by atoms with Crippen LogP contribution in [0.4, 0.5) is 5.82 Å². The highest BCUT2D eigenvalue weighted by Crippen LogP contribution is 2.22. The van der Waals surface area contributed by atoms with Crippen LogP contribution in [0.5, 0.6) is 0 Å². The van der Waals surface area contributed by atoms with Crippen LogP contribution in [-0.2, 0) is 0 Å². The first kappa shape index (κ1) is 9.77. The Labute approximate surface area is 88.7 Å². The smallest absolute Gasteiger partial charge is 0.130 e. The zero-order valence-corrected chi connectivity index (χ0v) is 9.18. The van der Waals surface area contributed by atoms with Crippen molar-refractivity contribution in [2.45, 2.75) is 36.8 Å². The van der Waals surface area contributed by atoms with Gasteiger partial charge in [0.25, 0.3) is 0 Å². The number of rotatable bonds is 3. The van der Waals surface area contributed by atoms with Gasteiger partial charge in [0.2, 0.25) is 0 Å². The van der Waals surface area contributed by atoms with Gasteiger partial charge in [-0.1, -0.05) is 12.8 Å². The van der Waals surface area contributed by atoms with E-state index in [2.05, 4.69) is 15.3 Å². The fourth-order valence-electron chi connectivity index (χ4n) is 1.81. The van der Waals surface area contributed by atoms with Gasteiger partial charge in [0.15, 0.2) is 0 Å². The minimum absolute atomic E-state index is 0.625. The molecule has 0 spiro atoms. The first-order valence-electron chi connectivity index (χ1n) is 5.01. The Bertz CT molecular complexity index is 297. The lowest BCUT2D eigenvalue weighted by Crippen LogP contribution is -2.15. The van der Waals surface area contributed by atoms with Crippen molar-refractivity contribution < 1.29 is 0 Å². The van der Waals surface area contributed by atoms with Crippen LogP contribution in [0.2, 0.25) is 0 Å². The average molecular weight is 209 g/mol. The van der Waals surface area contributed by atoms with E-state index in [4.69, 9.17) is 0 Å². The quantitative estimate of drug-likeness (QED) is 0.613. The van der Waals surface area contributed by atoms with Crippen molar-refractivity contribution in [1.29, 1.82) is 0 Å². The minimum atomic E-state index is 0.625. The van der Waals surface area contributed by atoms with Gasteiger partial charge in [-0.05, 0) is 19.1 Å². The van der Waals surface area contributed by atoms with E-state index >= 15 is 0 Å². The third kappa shape index (κ3) is 2.38. The number of aromatic nitrogens is 2. The van der Waals surface area contributed by atoms with Crippen molar-refractivity contribution in [2.75, 3.05) is 11.6 Å². The minimum Gasteiger partial charge on any atom is -0.367 e. The van der Waals surface area contributed by atoms with Crippen molar-refractivity contribution in [1.82, 2.24) is 9.97 Å². The molecule has 1 aromatic heterocycles. The molecule has 0 amide bonds. The van der Waals surface area contributed by atoms with E-state index in [1.165, 1.54) is 25.7 Å². The molecule has 0 aliphatic heterocycles. The average Bonchev–Trinajstić information content (AvgIpc) is 2.71. The lowest BCUT2D eigenvalue weighted by molar-refractivity contribution is 0.748. The van der Waals surface area contributed by atoms with E-state index in [-0.39, 0.29) is 0 Å². The molecule has 0 aromatic carbocycles. The number of hydrogen-bond donors (Lipinski definition) is 1. The van der Waals surface area contributed by atoms with Crippen molar-refractivity contribution in [2.24, 2.45) is 0 Å². The standard InChI is InChI=1S/C10H15N3S/c1-14-10-6-9(11-7-12-10)13-8-4-2-3-5-8/h6-8H,2-5H2,1H3,(H,11,12,13).